The number of aromatic nitrogens is 2. The summed E-state index contributed by atoms with van der Waals surface area (Å²) in [5.41, 5.74) is -0.283. The van der Waals surface area contributed by atoms with Crippen LogP contribution in [-0.2, 0) is 16.1 Å². The van der Waals surface area contributed by atoms with Crippen molar-refractivity contribution < 1.29 is 9.59 Å². The fourth-order valence-corrected chi connectivity index (χ4v) is 2.81. The predicted octanol–water partition coefficient (Wildman–Crippen LogP) is 1.03. The van der Waals surface area contributed by atoms with Gasteiger partial charge in [-0.2, -0.15) is 0 Å². The Bertz CT molecular complexity index is 504. The van der Waals surface area contributed by atoms with Crippen LogP contribution in [0, 0.1) is 5.41 Å². The third-order valence-corrected chi connectivity index (χ3v) is 3.77. The number of amides is 2. The van der Waals surface area contributed by atoms with Crippen molar-refractivity contribution in [1.82, 2.24) is 19.8 Å². The molecule has 0 aromatic carbocycles. The van der Waals surface area contributed by atoms with Crippen molar-refractivity contribution in [2.45, 2.75) is 52.7 Å². The van der Waals surface area contributed by atoms with Crippen LogP contribution in [0.2, 0.25) is 0 Å². The molecule has 1 aromatic heterocycles. The molecule has 116 valence electrons. The van der Waals surface area contributed by atoms with Crippen LogP contribution in [0.3, 0.4) is 0 Å². The minimum absolute atomic E-state index is 0.000145. The molecule has 2 atom stereocenters. The average molecular weight is 292 g/mol. The second-order valence-corrected chi connectivity index (χ2v) is 6.68. The molecule has 1 fully saturated rings. The highest BCUT2D eigenvalue weighted by atomic mass is 16.2. The van der Waals surface area contributed by atoms with Gasteiger partial charge >= 0.3 is 0 Å². The Morgan fingerprint density at radius 2 is 2.00 bits per heavy atom. The van der Waals surface area contributed by atoms with Crippen molar-refractivity contribution in [1.29, 1.82) is 0 Å². The summed E-state index contributed by atoms with van der Waals surface area (Å²) in [6.45, 7) is 9.07. The van der Waals surface area contributed by atoms with Gasteiger partial charge in [-0.1, -0.05) is 20.8 Å². The summed E-state index contributed by atoms with van der Waals surface area (Å²) in [5, 5.41) is 2.77. The summed E-state index contributed by atoms with van der Waals surface area (Å²) in [4.78, 5) is 30.4. The zero-order chi connectivity index (χ0) is 15.6. The summed E-state index contributed by atoms with van der Waals surface area (Å²) in [6, 6.07) is -0.853. The van der Waals surface area contributed by atoms with Crippen molar-refractivity contribution in [3.05, 3.63) is 18.7 Å². The summed E-state index contributed by atoms with van der Waals surface area (Å²) >= 11 is 0. The molecule has 0 saturated carbocycles. The van der Waals surface area contributed by atoms with Crippen LogP contribution in [-0.4, -0.2) is 44.9 Å². The first-order valence-electron chi connectivity index (χ1n) is 7.37. The lowest BCUT2D eigenvalue weighted by molar-refractivity contribution is -0.153. The smallest absolute Gasteiger partial charge is 0.245 e. The quantitative estimate of drug-likeness (QED) is 0.901. The van der Waals surface area contributed by atoms with Gasteiger partial charge in [0.15, 0.2) is 0 Å². The van der Waals surface area contributed by atoms with E-state index in [4.69, 9.17) is 0 Å². The normalized spacial score (nSPS) is 23.3. The van der Waals surface area contributed by atoms with E-state index in [-0.39, 0.29) is 17.2 Å². The van der Waals surface area contributed by atoms with Crippen LogP contribution in [0.4, 0.5) is 0 Å². The Kier molecular flexibility index (Phi) is 4.34. The minimum Gasteiger partial charge on any atom is -0.343 e. The van der Waals surface area contributed by atoms with Crippen molar-refractivity contribution in [2.75, 3.05) is 6.54 Å². The van der Waals surface area contributed by atoms with Crippen LogP contribution in [0.1, 0.15) is 34.1 Å². The van der Waals surface area contributed by atoms with E-state index in [1.54, 1.807) is 24.3 Å². The SMILES string of the molecule is CC1NC(=O)C(C(C)(C)C)N(CCCn2ccnc2)C1=O. The molecule has 1 aromatic rings. The molecule has 0 radical (unpaired) electrons. The van der Waals surface area contributed by atoms with Crippen molar-refractivity contribution in [3.63, 3.8) is 0 Å². The second-order valence-electron chi connectivity index (χ2n) is 6.68. The number of nitrogens with zero attached hydrogens (tertiary/aromatic N) is 3. The minimum atomic E-state index is -0.440. The molecule has 1 N–H and O–H groups in total. The highest BCUT2D eigenvalue weighted by Gasteiger charge is 2.44. The molecule has 2 amide bonds. The Labute approximate surface area is 125 Å². The molecule has 2 heterocycles. The highest BCUT2D eigenvalue weighted by Crippen LogP contribution is 2.28. The number of aryl methyl sites for hydroxylation is 1. The molecule has 1 aliphatic heterocycles. The van der Waals surface area contributed by atoms with E-state index in [0.29, 0.717) is 6.54 Å². The zero-order valence-electron chi connectivity index (χ0n) is 13.2. The number of nitrogens with one attached hydrogen (secondary N) is 1. The number of imidazole rings is 1. The van der Waals surface area contributed by atoms with E-state index < -0.39 is 12.1 Å². The lowest BCUT2D eigenvalue weighted by Crippen LogP contribution is -2.66. The molecule has 6 nitrogen and oxygen atoms in total. The maximum Gasteiger partial charge on any atom is 0.245 e. The van der Waals surface area contributed by atoms with Gasteiger partial charge in [0, 0.05) is 25.5 Å². The maximum absolute atomic E-state index is 12.4. The standard InChI is InChI=1S/C15H24N4O2/c1-11-14(21)19(8-5-7-18-9-6-16-10-18)12(13(20)17-11)15(2,3)4/h6,9-12H,5,7-8H2,1-4H3,(H,17,20). The first kappa shape index (κ1) is 15.5. The lowest BCUT2D eigenvalue weighted by atomic mass is 9.83. The van der Waals surface area contributed by atoms with Gasteiger partial charge < -0.3 is 14.8 Å². The molecule has 2 unspecified atom stereocenters. The topological polar surface area (TPSA) is 67.2 Å². The predicted molar refractivity (Wildman–Crippen MR) is 79.4 cm³/mol. The third-order valence-electron chi connectivity index (χ3n) is 3.77. The monoisotopic (exact) mass is 292 g/mol. The fraction of sp³-hybridized carbons (Fsp3) is 0.667. The summed E-state index contributed by atoms with van der Waals surface area (Å²) in [5.74, 6) is -0.0580. The molecule has 21 heavy (non-hydrogen) atoms. The first-order valence-corrected chi connectivity index (χ1v) is 7.37. The molecule has 0 aliphatic carbocycles. The molecule has 1 aliphatic rings. The number of hydrogen-bond acceptors (Lipinski definition) is 3. The van der Waals surface area contributed by atoms with Crippen molar-refractivity contribution >= 4 is 11.8 Å². The van der Waals surface area contributed by atoms with E-state index in [1.807, 2.05) is 31.5 Å². The van der Waals surface area contributed by atoms with Gasteiger partial charge in [-0.15, -0.1) is 0 Å². The van der Waals surface area contributed by atoms with Crippen molar-refractivity contribution in [3.8, 4) is 0 Å². The van der Waals surface area contributed by atoms with Gasteiger partial charge in [-0.3, -0.25) is 9.59 Å². The molecule has 0 spiro atoms. The molecule has 2 rings (SSSR count). The van der Waals surface area contributed by atoms with E-state index in [0.717, 1.165) is 13.0 Å². The van der Waals surface area contributed by atoms with Crippen LogP contribution in [0.25, 0.3) is 0 Å². The highest BCUT2D eigenvalue weighted by molar-refractivity contribution is 5.97. The largest absolute Gasteiger partial charge is 0.343 e. The van der Waals surface area contributed by atoms with Crippen molar-refractivity contribution in [2.24, 2.45) is 5.41 Å². The van der Waals surface area contributed by atoms with E-state index in [1.165, 1.54) is 0 Å². The zero-order valence-corrected chi connectivity index (χ0v) is 13.2. The number of rotatable bonds is 4. The molecule has 6 heteroatoms. The second kappa shape index (κ2) is 5.87. The Hall–Kier alpha value is -1.85. The van der Waals surface area contributed by atoms with E-state index in [2.05, 4.69) is 10.3 Å². The van der Waals surface area contributed by atoms with Gasteiger partial charge in [0.25, 0.3) is 0 Å². The first-order chi connectivity index (χ1) is 9.80. The van der Waals surface area contributed by atoms with Crippen LogP contribution in [0.5, 0.6) is 0 Å². The maximum atomic E-state index is 12.4. The Balaban J connectivity index is 2.07. The van der Waals surface area contributed by atoms with Gasteiger partial charge in [-0.05, 0) is 18.8 Å². The Morgan fingerprint density at radius 1 is 1.29 bits per heavy atom. The van der Waals surface area contributed by atoms with E-state index >= 15 is 0 Å². The molecular formula is C15H24N4O2. The summed E-state index contributed by atoms with van der Waals surface area (Å²) in [6.07, 6.45) is 6.19. The summed E-state index contributed by atoms with van der Waals surface area (Å²) < 4.78 is 1.98. The van der Waals surface area contributed by atoms with E-state index in [9.17, 15) is 9.59 Å². The molecule has 0 bridgehead atoms. The summed E-state index contributed by atoms with van der Waals surface area (Å²) in [7, 11) is 0. The lowest BCUT2D eigenvalue weighted by Gasteiger charge is -2.44. The van der Waals surface area contributed by atoms with Gasteiger partial charge in [0.2, 0.25) is 11.8 Å². The number of hydrogen-bond donors (Lipinski definition) is 1. The van der Waals surface area contributed by atoms with Gasteiger partial charge in [0.1, 0.15) is 12.1 Å². The number of carbonyl (C=O) groups excluding carboxylic acids is 2. The average Bonchev–Trinajstić information content (AvgIpc) is 2.86. The fourth-order valence-electron chi connectivity index (χ4n) is 2.81. The van der Waals surface area contributed by atoms with Gasteiger partial charge in [-0.25, -0.2) is 4.98 Å². The van der Waals surface area contributed by atoms with Gasteiger partial charge in [0.05, 0.1) is 6.33 Å². The molecule has 1 saturated heterocycles. The van der Waals surface area contributed by atoms with Crippen LogP contribution >= 0.6 is 0 Å². The number of piperazine rings is 1. The number of carbonyl (C=O) groups is 2. The molecular weight excluding hydrogens is 268 g/mol. The van der Waals surface area contributed by atoms with Crippen LogP contribution in [0.15, 0.2) is 18.7 Å². The Morgan fingerprint density at radius 3 is 2.57 bits per heavy atom. The van der Waals surface area contributed by atoms with Crippen LogP contribution < -0.4 is 5.32 Å². The third kappa shape index (κ3) is 3.43.